The molecule has 0 aliphatic heterocycles. The normalized spacial score (nSPS) is 11.3. The fourth-order valence-corrected chi connectivity index (χ4v) is 2.06. The van der Waals surface area contributed by atoms with Gasteiger partial charge in [0.25, 0.3) is 5.91 Å². The molecule has 1 N–H and O–H groups in total. The van der Waals surface area contributed by atoms with E-state index < -0.39 is 17.6 Å². The number of halogens is 5. The molecule has 1 aromatic carbocycles. The first-order chi connectivity index (χ1) is 9.77. The highest BCUT2D eigenvalue weighted by atomic mass is 79.9. The van der Waals surface area contributed by atoms with Crippen molar-refractivity contribution in [3.8, 4) is 0 Å². The molecule has 1 amide bonds. The second-order valence-electron chi connectivity index (χ2n) is 4.04. The number of carbonyl (C=O) groups is 1. The van der Waals surface area contributed by atoms with Crippen LogP contribution >= 0.6 is 27.5 Å². The molecule has 3 nitrogen and oxygen atoms in total. The van der Waals surface area contributed by atoms with E-state index in [2.05, 4.69) is 26.2 Å². The standard InChI is InChI=1S/C13H7BrClF3N2O/c14-9-3-7(5-19-6-9)12(21)20-11-4-8(13(16,17)18)1-2-10(11)15/h1-6H,(H,20,21). The molecule has 0 radical (unpaired) electrons. The average Bonchev–Trinajstić information content (AvgIpc) is 2.40. The summed E-state index contributed by atoms with van der Waals surface area (Å²) in [7, 11) is 0. The van der Waals surface area contributed by atoms with Crippen LogP contribution in [0.5, 0.6) is 0 Å². The molecule has 2 rings (SSSR count). The van der Waals surface area contributed by atoms with E-state index in [4.69, 9.17) is 11.6 Å². The van der Waals surface area contributed by atoms with E-state index in [-0.39, 0.29) is 16.3 Å². The van der Waals surface area contributed by atoms with Gasteiger partial charge in [0.1, 0.15) is 0 Å². The van der Waals surface area contributed by atoms with Crippen molar-refractivity contribution in [3.63, 3.8) is 0 Å². The summed E-state index contributed by atoms with van der Waals surface area (Å²) >= 11 is 8.95. The Kier molecular flexibility index (Phi) is 4.53. The highest BCUT2D eigenvalue weighted by Gasteiger charge is 2.31. The molecule has 1 heterocycles. The minimum absolute atomic E-state index is 0.0132. The van der Waals surface area contributed by atoms with E-state index in [0.29, 0.717) is 4.47 Å². The summed E-state index contributed by atoms with van der Waals surface area (Å²) in [6.07, 6.45) is -1.74. The summed E-state index contributed by atoms with van der Waals surface area (Å²) < 4.78 is 38.5. The van der Waals surface area contributed by atoms with Gasteiger partial charge in [0.05, 0.1) is 21.8 Å². The summed E-state index contributed by atoms with van der Waals surface area (Å²) in [6, 6.07) is 4.20. The Bertz CT molecular complexity index is 691. The number of carbonyl (C=O) groups excluding carboxylic acids is 1. The van der Waals surface area contributed by atoms with Gasteiger partial charge in [0.2, 0.25) is 0 Å². The number of nitrogens with zero attached hydrogens (tertiary/aromatic N) is 1. The van der Waals surface area contributed by atoms with E-state index in [1.807, 2.05) is 0 Å². The van der Waals surface area contributed by atoms with Crippen LogP contribution < -0.4 is 5.32 Å². The van der Waals surface area contributed by atoms with Gasteiger partial charge >= 0.3 is 6.18 Å². The SMILES string of the molecule is O=C(Nc1cc(C(F)(F)F)ccc1Cl)c1cncc(Br)c1. The first-order valence-corrected chi connectivity index (χ1v) is 6.73. The number of pyridine rings is 1. The molecule has 8 heteroatoms. The zero-order chi connectivity index (χ0) is 15.6. The van der Waals surface area contributed by atoms with Gasteiger partial charge in [-0.15, -0.1) is 0 Å². The van der Waals surface area contributed by atoms with Gasteiger partial charge in [-0.05, 0) is 40.2 Å². The number of rotatable bonds is 2. The van der Waals surface area contributed by atoms with Crippen LogP contribution in [0.3, 0.4) is 0 Å². The lowest BCUT2D eigenvalue weighted by Crippen LogP contribution is -2.14. The third kappa shape index (κ3) is 3.95. The van der Waals surface area contributed by atoms with Crippen molar-refractivity contribution in [2.24, 2.45) is 0 Å². The molecule has 0 spiro atoms. The Hall–Kier alpha value is -1.60. The highest BCUT2D eigenvalue weighted by molar-refractivity contribution is 9.10. The Labute approximate surface area is 131 Å². The van der Waals surface area contributed by atoms with E-state index in [0.717, 1.165) is 18.2 Å². The molecular weight excluding hydrogens is 373 g/mol. The van der Waals surface area contributed by atoms with Crippen molar-refractivity contribution in [1.29, 1.82) is 0 Å². The zero-order valence-corrected chi connectivity index (χ0v) is 12.6. The fraction of sp³-hybridized carbons (Fsp3) is 0.0769. The van der Waals surface area contributed by atoms with Gasteiger partial charge < -0.3 is 5.32 Å². The smallest absolute Gasteiger partial charge is 0.321 e. The van der Waals surface area contributed by atoms with Gasteiger partial charge in [0, 0.05) is 16.9 Å². The lowest BCUT2D eigenvalue weighted by atomic mass is 10.2. The molecule has 0 unspecified atom stereocenters. The van der Waals surface area contributed by atoms with E-state index >= 15 is 0 Å². The number of alkyl halides is 3. The summed E-state index contributed by atoms with van der Waals surface area (Å²) in [5.41, 5.74) is -0.816. The molecule has 21 heavy (non-hydrogen) atoms. The largest absolute Gasteiger partial charge is 0.416 e. The molecule has 0 fully saturated rings. The van der Waals surface area contributed by atoms with Crippen molar-refractivity contribution in [2.75, 3.05) is 5.32 Å². The van der Waals surface area contributed by atoms with Crippen LogP contribution in [0.15, 0.2) is 41.1 Å². The number of hydrogen-bond donors (Lipinski definition) is 1. The summed E-state index contributed by atoms with van der Waals surface area (Å²) in [4.78, 5) is 15.8. The summed E-state index contributed by atoms with van der Waals surface area (Å²) in [6.45, 7) is 0. The van der Waals surface area contributed by atoms with Crippen LogP contribution in [0.25, 0.3) is 0 Å². The quantitative estimate of drug-likeness (QED) is 0.817. The Morgan fingerprint density at radius 3 is 2.57 bits per heavy atom. The molecule has 0 atom stereocenters. The molecule has 0 saturated heterocycles. The lowest BCUT2D eigenvalue weighted by Gasteiger charge is -2.11. The van der Waals surface area contributed by atoms with Crippen LogP contribution in [0, 0.1) is 0 Å². The van der Waals surface area contributed by atoms with Gasteiger partial charge in [-0.1, -0.05) is 11.6 Å². The summed E-state index contributed by atoms with van der Waals surface area (Å²) in [5, 5.41) is 2.35. The predicted octanol–water partition coefficient (Wildman–Crippen LogP) is 4.77. The van der Waals surface area contributed by atoms with Crippen molar-refractivity contribution < 1.29 is 18.0 Å². The van der Waals surface area contributed by atoms with E-state index in [1.54, 1.807) is 0 Å². The maximum atomic E-state index is 12.6. The minimum atomic E-state index is -4.51. The van der Waals surface area contributed by atoms with Gasteiger partial charge in [-0.3, -0.25) is 9.78 Å². The zero-order valence-electron chi connectivity index (χ0n) is 10.2. The summed E-state index contributed by atoms with van der Waals surface area (Å²) in [5.74, 6) is -0.606. The van der Waals surface area contributed by atoms with Crippen molar-refractivity contribution in [1.82, 2.24) is 4.98 Å². The number of hydrogen-bond acceptors (Lipinski definition) is 2. The first kappa shape index (κ1) is 15.8. The first-order valence-electron chi connectivity index (χ1n) is 5.56. The second-order valence-corrected chi connectivity index (χ2v) is 5.36. The van der Waals surface area contributed by atoms with Crippen LogP contribution in [0.4, 0.5) is 18.9 Å². The maximum Gasteiger partial charge on any atom is 0.416 e. The van der Waals surface area contributed by atoms with Crippen molar-refractivity contribution in [2.45, 2.75) is 6.18 Å². The van der Waals surface area contributed by atoms with E-state index in [9.17, 15) is 18.0 Å². The minimum Gasteiger partial charge on any atom is -0.321 e. The predicted molar refractivity (Wildman–Crippen MR) is 76.3 cm³/mol. The molecular formula is C13H7BrClF3N2O. The van der Waals surface area contributed by atoms with Crippen LogP contribution in [-0.2, 0) is 6.18 Å². The third-order valence-corrected chi connectivity index (χ3v) is 3.27. The number of benzene rings is 1. The van der Waals surface area contributed by atoms with Crippen molar-refractivity contribution >= 4 is 39.1 Å². The second kappa shape index (κ2) is 6.03. The lowest BCUT2D eigenvalue weighted by molar-refractivity contribution is -0.137. The Morgan fingerprint density at radius 1 is 1.24 bits per heavy atom. The Balaban J connectivity index is 2.29. The highest BCUT2D eigenvalue weighted by Crippen LogP contribution is 2.34. The van der Waals surface area contributed by atoms with Gasteiger partial charge in [0.15, 0.2) is 0 Å². The number of nitrogens with one attached hydrogen (secondary N) is 1. The van der Waals surface area contributed by atoms with Crippen LogP contribution in [-0.4, -0.2) is 10.9 Å². The van der Waals surface area contributed by atoms with Gasteiger partial charge in [-0.25, -0.2) is 0 Å². The molecule has 0 saturated carbocycles. The molecule has 110 valence electrons. The molecule has 0 aliphatic carbocycles. The fourth-order valence-electron chi connectivity index (χ4n) is 1.53. The molecule has 0 aliphatic rings. The number of amides is 1. The topological polar surface area (TPSA) is 42.0 Å². The van der Waals surface area contributed by atoms with E-state index in [1.165, 1.54) is 18.5 Å². The molecule has 1 aromatic heterocycles. The number of aromatic nitrogens is 1. The molecule has 0 bridgehead atoms. The number of anilines is 1. The Morgan fingerprint density at radius 2 is 1.95 bits per heavy atom. The van der Waals surface area contributed by atoms with Gasteiger partial charge in [-0.2, -0.15) is 13.2 Å². The maximum absolute atomic E-state index is 12.6. The average molecular weight is 380 g/mol. The molecule has 2 aromatic rings. The van der Waals surface area contributed by atoms with Crippen LogP contribution in [0.1, 0.15) is 15.9 Å². The van der Waals surface area contributed by atoms with Crippen molar-refractivity contribution in [3.05, 3.63) is 57.3 Å². The third-order valence-electron chi connectivity index (χ3n) is 2.51. The monoisotopic (exact) mass is 378 g/mol. The van der Waals surface area contributed by atoms with Crippen LogP contribution in [0.2, 0.25) is 5.02 Å².